The highest BCUT2D eigenvalue weighted by Gasteiger charge is 2.38. The van der Waals surface area contributed by atoms with Crippen LogP contribution in [0.3, 0.4) is 0 Å². The van der Waals surface area contributed by atoms with E-state index in [1.165, 1.54) is 5.56 Å². The van der Waals surface area contributed by atoms with Crippen molar-refractivity contribution in [1.29, 1.82) is 0 Å². The van der Waals surface area contributed by atoms with Gasteiger partial charge in [-0.25, -0.2) is 4.79 Å². The van der Waals surface area contributed by atoms with Crippen molar-refractivity contribution in [2.45, 2.75) is 37.5 Å². The first kappa shape index (κ1) is 18.5. The summed E-state index contributed by atoms with van der Waals surface area (Å²) in [5.41, 5.74) is 2.16. The Bertz CT molecular complexity index is 797. The monoisotopic (exact) mass is 371 g/mol. The molecule has 0 atom stereocenters. The van der Waals surface area contributed by atoms with Crippen molar-refractivity contribution >= 4 is 23.5 Å². The molecule has 0 bridgehead atoms. The fraction of sp³-hybridized carbons (Fsp3) is 0.333. The Kier molecular flexibility index (Phi) is 5.62. The quantitative estimate of drug-likeness (QED) is 0.766. The first-order valence-electron chi connectivity index (χ1n) is 8.84. The molecule has 26 heavy (non-hydrogen) atoms. The van der Waals surface area contributed by atoms with Crippen molar-refractivity contribution in [3.05, 3.63) is 70.2 Å². The Labute approximate surface area is 158 Å². The zero-order chi connectivity index (χ0) is 18.6. The molecule has 0 aromatic heterocycles. The van der Waals surface area contributed by atoms with Crippen LogP contribution in [0.2, 0.25) is 5.02 Å². The van der Waals surface area contributed by atoms with Gasteiger partial charge < -0.3 is 10.4 Å². The van der Waals surface area contributed by atoms with Gasteiger partial charge in [0.1, 0.15) is 0 Å². The van der Waals surface area contributed by atoms with E-state index in [0.29, 0.717) is 23.6 Å². The molecule has 2 N–H and O–H groups in total. The van der Waals surface area contributed by atoms with Crippen LogP contribution in [0.1, 0.15) is 47.2 Å². The molecule has 1 amide bonds. The summed E-state index contributed by atoms with van der Waals surface area (Å²) in [5, 5.41) is 13.0. The topological polar surface area (TPSA) is 66.4 Å². The lowest BCUT2D eigenvalue weighted by Gasteiger charge is -2.42. The van der Waals surface area contributed by atoms with E-state index in [-0.39, 0.29) is 23.3 Å². The number of aryl methyl sites for hydroxylation is 1. The molecule has 2 aromatic rings. The number of hydrogen-bond acceptors (Lipinski definition) is 2. The molecule has 1 aliphatic rings. The summed E-state index contributed by atoms with van der Waals surface area (Å²) >= 11 is 5.97. The van der Waals surface area contributed by atoms with Crippen LogP contribution in [0.5, 0.6) is 0 Å². The molecule has 1 fully saturated rings. The molecule has 0 radical (unpaired) electrons. The van der Waals surface area contributed by atoms with Gasteiger partial charge in [0.05, 0.1) is 5.56 Å². The Morgan fingerprint density at radius 1 is 1.08 bits per heavy atom. The smallest absolute Gasteiger partial charge is 0.335 e. The van der Waals surface area contributed by atoms with Gasteiger partial charge in [-0.05, 0) is 48.6 Å². The first-order valence-corrected chi connectivity index (χ1v) is 9.22. The Morgan fingerprint density at radius 3 is 2.38 bits per heavy atom. The summed E-state index contributed by atoms with van der Waals surface area (Å²) in [6, 6.07) is 14.7. The van der Waals surface area contributed by atoms with Crippen LogP contribution in [-0.2, 0) is 16.6 Å². The van der Waals surface area contributed by atoms with E-state index >= 15 is 0 Å². The normalized spacial score (nSPS) is 15.1. The van der Waals surface area contributed by atoms with Gasteiger partial charge in [0.2, 0.25) is 5.91 Å². The van der Waals surface area contributed by atoms with Crippen molar-refractivity contribution in [1.82, 2.24) is 5.32 Å². The van der Waals surface area contributed by atoms with Gasteiger partial charge in [-0.15, -0.1) is 0 Å². The van der Waals surface area contributed by atoms with Gasteiger partial charge in [-0.1, -0.05) is 48.4 Å². The Hall–Kier alpha value is -2.33. The third kappa shape index (κ3) is 4.07. The highest BCUT2D eigenvalue weighted by Crippen LogP contribution is 2.43. The second-order valence-corrected chi connectivity index (χ2v) is 7.32. The zero-order valence-electron chi connectivity index (χ0n) is 14.5. The summed E-state index contributed by atoms with van der Waals surface area (Å²) in [5.74, 6) is -1.01. The van der Waals surface area contributed by atoms with Crippen molar-refractivity contribution in [3.63, 3.8) is 0 Å². The van der Waals surface area contributed by atoms with Gasteiger partial charge in [0.15, 0.2) is 0 Å². The maximum atomic E-state index is 12.3. The van der Waals surface area contributed by atoms with Gasteiger partial charge in [0, 0.05) is 23.4 Å². The molecule has 0 aliphatic heterocycles. The summed E-state index contributed by atoms with van der Waals surface area (Å²) in [6.45, 7) is 0.605. The minimum Gasteiger partial charge on any atom is -0.478 e. The second kappa shape index (κ2) is 7.92. The second-order valence-electron chi connectivity index (χ2n) is 6.88. The van der Waals surface area contributed by atoms with E-state index in [1.54, 1.807) is 24.3 Å². The fourth-order valence-corrected chi connectivity index (χ4v) is 3.65. The van der Waals surface area contributed by atoms with E-state index in [9.17, 15) is 14.7 Å². The van der Waals surface area contributed by atoms with Crippen LogP contribution in [0.25, 0.3) is 0 Å². The number of benzene rings is 2. The highest BCUT2D eigenvalue weighted by atomic mass is 35.5. The average Bonchev–Trinajstić information content (AvgIpc) is 2.60. The molecule has 1 aliphatic carbocycles. The van der Waals surface area contributed by atoms with E-state index in [2.05, 4.69) is 5.32 Å². The molecule has 4 nitrogen and oxygen atoms in total. The number of hydrogen-bond donors (Lipinski definition) is 2. The zero-order valence-corrected chi connectivity index (χ0v) is 15.3. The molecule has 2 aromatic carbocycles. The number of halogens is 1. The van der Waals surface area contributed by atoms with Crippen molar-refractivity contribution in [2.75, 3.05) is 6.54 Å². The Balaban J connectivity index is 1.57. The highest BCUT2D eigenvalue weighted by molar-refractivity contribution is 6.30. The van der Waals surface area contributed by atoms with Gasteiger partial charge in [-0.3, -0.25) is 4.79 Å². The van der Waals surface area contributed by atoms with Gasteiger partial charge in [-0.2, -0.15) is 0 Å². The summed E-state index contributed by atoms with van der Waals surface area (Å²) in [7, 11) is 0. The molecule has 136 valence electrons. The summed E-state index contributed by atoms with van der Waals surface area (Å²) in [6.07, 6.45) is 3.96. The molecular formula is C21H22ClNO3. The third-order valence-corrected chi connectivity index (χ3v) is 5.51. The first-order chi connectivity index (χ1) is 12.5. The molecule has 1 saturated carbocycles. The lowest BCUT2D eigenvalue weighted by Crippen LogP contribution is -2.45. The summed E-state index contributed by atoms with van der Waals surface area (Å²) in [4.78, 5) is 23.5. The number of carbonyl (C=O) groups excluding carboxylic acids is 1. The molecule has 0 saturated heterocycles. The molecular weight excluding hydrogens is 350 g/mol. The number of carboxylic acid groups (broad SMARTS) is 1. The summed E-state index contributed by atoms with van der Waals surface area (Å²) < 4.78 is 0. The standard InChI is InChI=1S/C21H22ClNO3/c22-17-9-7-16(8-10-17)21(12-3-13-21)14-23-19(24)11-6-15-4-1-2-5-18(15)20(25)26/h1-2,4-5,7-10H,3,6,11-14H2,(H,23,24)(H,25,26). The number of rotatable bonds is 7. The third-order valence-electron chi connectivity index (χ3n) is 5.26. The molecule has 3 rings (SSSR count). The van der Waals surface area contributed by atoms with E-state index in [1.807, 2.05) is 24.3 Å². The lowest BCUT2D eigenvalue weighted by molar-refractivity contribution is -0.121. The Morgan fingerprint density at radius 2 is 1.77 bits per heavy atom. The van der Waals surface area contributed by atoms with Crippen molar-refractivity contribution < 1.29 is 14.7 Å². The largest absolute Gasteiger partial charge is 0.478 e. The molecule has 0 unspecified atom stereocenters. The molecule has 0 heterocycles. The van der Waals surface area contributed by atoms with Gasteiger partial charge >= 0.3 is 5.97 Å². The number of nitrogens with one attached hydrogen (secondary N) is 1. The minimum absolute atomic E-state index is 0.000773. The van der Waals surface area contributed by atoms with E-state index in [0.717, 1.165) is 19.3 Å². The lowest BCUT2D eigenvalue weighted by atomic mass is 9.64. The van der Waals surface area contributed by atoms with Crippen LogP contribution in [-0.4, -0.2) is 23.5 Å². The number of amides is 1. The average molecular weight is 372 g/mol. The molecule has 0 spiro atoms. The van der Waals surface area contributed by atoms with Gasteiger partial charge in [0.25, 0.3) is 0 Å². The number of carboxylic acids is 1. The molecule has 5 heteroatoms. The van der Waals surface area contributed by atoms with E-state index < -0.39 is 5.97 Å². The predicted octanol–water partition coefficient (Wildman–Crippen LogP) is 4.21. The maximum absolute atomic E-state index is 12.3. The number of carbonyl (C=O) groups is 2. The fourth-order valence-electron chi connectivity index (χ4n) is 3.53. The van der Waals surface area contributed by atoms with Crippen molar-refractivity contribution in [2.24, 2.45) is 0 Å². The van der Waals surface area contributed by atoms with Crippen LogP contribution in [0, 0.1) is 0 Å². The maximum Gasteiger partial charge on any atom is 0.335 e. The van der Waals surface area contributed by atoms with Crippen LogP contribution >= 0.6 is 11.6 Å². The number of aromatic carboxylic acids is 1. The predicted molar refractivity (Wildman–Crippen MR) is 102 cm³/mol. The van der Waals surface area contributed by atoms with Crippen LogP contribution in [0.4, 0.5) is 0 Å². The van der Waals surface area contributed by atoms with Crippen LogP contribution in [0.15, 0.2) is 48.5 Å². The van der Waals surface area contributed by atoms with E-state index in [4.69, 9.17) is 11.6 Å². The van der Waals surface area contributed by atoms with Crippen molar-refractivity contribution in [3.8, 4) is 0 Å². The van der Waals surface area contributed by atoms with Crippen LogP contribution < -0.4 is 5.32 Å². The SMILES string of the molecule is O=C(CCc1ccccc1C(=O)O)NCC1(c2ccc(Cl)cc2)CCC1. The minimum atomic E-state index is -0.961.